The molecule has 3 heterocycles. The van der Waals surface area contributed by atoms with Gasteiger partial charge in [-0.2, -0.15) is 0 Å². The van der Waals surface area contributed by atoms with E-state index in [0.29, 0.717) is 5.95 Å². The first-order valence-corrected chi connectivity index (χ1v) is 20.3. The van der Waals surface area contributed by atoms with Gasteiger partial charge in [-0.15, -0.1) is 0 Å². The van der Waals surface area contributed by atoms with Gasteiger partial charge in [0.15, 0.2) is 0 Å². The molecule has 0 radical (unpaired) electrons. The van der Waals surface area contributed by atoms with Crippen molar-refractivity contribution < 1.29 is 0 Å². The lowest BCUT2D eigenvalue weighted by atomic mass is 9.81. The highest BCUT2D eigenvalue weighted by molar-refractivity contribution is 6.12. The lowest BCUT2D eigenvalue weighted by molar-refractivity contribution is 0.661. The van der Waals surface area contributed by atoms with E-state index >= 15 is 0 Å². The highest BCUT2D eigenvalue weighted by Gasteiger charge is 2.36. The van der Waals surface area contributed by atoms with Crippen LogP contribution in [-0.2, 0) is 5.41 Å². The molecule has 0 unspecified atom stereocenters. The summed E-state index contributed by atoms with van der Waals surface area (Å²) in [5, 5.41) is 4.84. The van der Waals surface area contributed by atoms with Gasteiger partial charge >= 0.3 is 0 Å². The van der Waals surface area contributed by atoms with E-state index in [0.717, 1.165) is 27.8 Å². The van der Waals surface area contributed by atoms with Gasteiger partial charge in [0.2, 0.25) is 5.95 Å². The minimum absolute atomic E-state index is 0.138. The largest absolute Gasteiger partial charge is 0.309 e. The van der Waals surface area contributed by atoms with Gasteiger partial charge in [0, 0.05) is 50.6 Å². The molecule has 1 aliphatic rings. The number of para-hydroxylation sites is 3. The molecule has 4 nitrogen and oxygen atoms in total. The average molecular weight is 755 g/mol. The molecule has 278 valence electrons. The van der Waals surface area contributed by atoms with Crippen LogP contribution in [0.3, 0.4) is 0 Å². The first kappa shape index (κ1) is 33.6. The van der Waals surface area contributed by atoms with E-state index in [1.165, 1.54) is 77.1 Å². The molecular weight excluding hydrogens is 717 g/mol. The summed E-state index contributed by atoms with van der Waals surface area (Å²) in [6.07, 6.45) is 3.95. The molecule has 4 heteroatoms. The van der Waals surface area contributed by atoms with Crippen molar-refractivity contribution in [3.8, 4) is 56.1 Å². The quantitative estimate of drug-likeness (QED) is 0.175. The second kappa shape index (κ2) is 12.7. The van der Waals surface area contributed by atoms with Crippen molar-refractivity contribution in [1.29, 1.82) is 0 Å². The van der Waals surface area contributed by atoms with Crippen molar-refractivity contribution in [1.82, 2.24) is 19.1 Å². The number of benzene rings is 8. The van der Waals surface area contributed by atoms with Crippen molar-refractivity contribution in [2.45, 2.75) is 19.3 Å². The molecule has 0 aliphatic heterocycles. The summed E-state index contributed by atoms with van der Waals surface area (Å²) in [4.78, 5) is 10.1. The van der Waals surface area contributed by atoms with Crippen LogP contribution in [0.5, 0.6) is 0 Å². The molecule has 1 aliphatic carbocycles. The topological polar surface area (TPSA) is 35.6 Å². The fraction of sp³-hybridized carbons (Fsp3) is 0.0545. The molecule has 0 spiro atoms. The Hall–Kier alpha value is -7.56. The zero-order valence-corrected chi connectivity index (χ0v) is 32.8. The maximum absolute atomic E-state index is 5.03. The minimum atomic E-state index is -0.138. The normalized spacial score (nSPS) is 13.1. The number of fused-ring (bicyclic) bond motifs is 9. The first-order chi connectivity index (χ1) is 29.0. The molecule has 12 rings (SSSR count). The van der Waals surface area contributed by atoms with Gasteiger partial charge in [0.25, 0.3) is 0 Å². The van der Waals surface area contributed by atoms with Gasteiger partial charge in [0.1, 0.15) is 0 Å². The molecule has 0 bridgehead atoms. The van der Waals surface area contributed by atoms with E-state index in [-0.39, 0.29) is 5.41 Å². The van der Waals surface area contributed by atoms with Gasteiger partial charge < -0.3 is 4.57 Å². The van der Waals surface area contributed by atoms with E-state index in [1.54, 1.807) is 0 Å². The summed E-state index contributed by atoms with van der Waals surface area (Å²) in [5.74, 6) is 0.658. The zero-order valence-electron chi connectivity index (χ0n) is 32.8. The molecule has 0 fully saturated rings. The van der Waals surface area contributed by atoms with Crippen molar-refractivity contribution in [3.05, 3.63) is 206 Å². The van der Waals surface area contributed by atoms with Gasteiger partial charge in [-0.1, -0.05) is 135 Å². The molecule has 0 amide bonds. The van der Waals surface area contributed by atoms with Gasteiger partial charge in [-0.25, -0.2) is 9.97 Å². The van der Waals surface area contributed by atoms with E-state index < -0.39 is 0 Å². The highest BCUT2D eigenvalue weighted by atomic mass is 15.1. The van der Waals surface area contributed by atoms with Crippen LogP contribution < -0.4 is 0 Å². The van der Waals surface area contributed by atoms with Crippen LogP contribution in [-0.4, -0.2) is 19.1 Å². The molecule has 59 heavy (non-hydrogen) atoms. The first-order valence-electron chi connectivity index (χ1n) is 20.3. The van der Waals surface area contributed by atoms with E-state index in [9.17, 15) is 0 Å². The Morgan fingerprint density at radius 1 is 0.356 bits per heavy atom. The predicted molar refractivity (Wildman–Crippen MR) is 245 cm³/mol. The van der Waals surface area contributed by atoms with Crippen molar-refractivity contribution in [3.63, 3.8) is 0 Å². The molecule has 0 N–H and O–H groups in total. The summed E-state index contributed by atoms with van der Waals surface area (Å²) in [6.45, 7) is 4.68. The Morgan fingerprint density at radius 3 is 1.39 bits per heavy atom. The molecule has 0 atom stereocenters. The molecule has 3 aromatic heterocycles. The van der Waals surface area contributed by atoms with E-state index in [2.05, 4.69) is 205 Å². The molecule has 11 aromatic rings. The number of hydrogen-bond donors (Lipinski definition) is 0. The smallest absolute Gasteiger partial charge is 0.234 e. The SMILES string of the molecule is CC1(C)c2cc(-c3ccccc3)ccc2-c2ccc(-c3cnc(-n4c5ccccc5c5cc(-c6ccc7c(c6)c6ccccc6n7-c6ccccc6)ccc54)nc3)cc21. The third kappa shape index (κ3) is 5.09. The average Bonchev–Trinajstić information content (AvgIpc) is 3.89. The third-order valence-corrected chi connectivity index (χ3v) is 12.6. The summed E-state index contributed by atoms with van der Waals surface area (Å²) in [5.41, 5.74) is 17.9. The fourth-order valence-corrected chi connectivity index (χ4v) is 9.69. The Balaban J connectivity index is 0.909. The number of aromatic nitrogens is 4. The Kier molecular flexibility index (Phi) is 7.24. The summed E-state index contributed by atoms with van der Waals surface area (Å²) in [7, 11) is 0. The van der Waals surface area contributed by atoms with Crippen LogP contribution in [0.25, 0.3) is 99.8 Å². The molecule has 0 saturated heterocycles. The summed E-state index contributed by atoms with van der Waals surface area (Å²) in [6, 6.07) is 66.0. The van der Waals surface area contributed by atoms with Gasteiger partial charge in [0.05, 0.1) is 22.1 Å². The number of hydrogen-bond acceptors (Lipinski definition) is 2. The van der Waals surface area contributed by atoms with Crippen molar-refractivity contribution >= 4 is 43.6 Å². The predicted octanol–water partition coefficient (Wildman–Crippen LogP) is 14.0. The Labute approximate surface area is 342 Å². The second-order valence-electron chi connectivity index (χ2n) is 16.3. The second-order valence-corrected chi connectivity index (χ2v) is 16.3. The maximum atomic E-state index is 5.03. The Morgan fingerprint density at radius 2 is 0.797 bits per heavy atom. The van der Waals surface area contributed by atoms with Crippen LogP contribution in [0, 0.1) is 0 Å². The molecule has 8 aromatic carbocycles. The fourth-order valence-electron chi connectivity index (χ4n) is 9.69. The highest BCUT2D eigenvalue weighted by Crippen LogP contribution is 2.50. The standard InChI is InChI=1S/C55H38N4/c1-55(2)48-31-38(35-13-5-3-6-14-35)21-25-42(48)43-26-22-39(32-49(43)55)40-33-56-54(57-34-40)59-51-20-12-10-18-45(51)47-30-37(24-28-53(47)59)36-23-27-52-46(29-36)44-17-9-11-19-50(44)58(52)41-15-7-4-8-16-41/h3-34H,1-2H3. The number of nitrogens with zero attached hydrogens (tertiary/aromatic N) is 4. The molecule has 0 saturated carbocycles. The van der Waals surface area contributed by atoms with Crippen LogP contribution in [0.1, 0.15) is 25.0 Å². The monoisotopic (exact) mass is 754 g/mol. The van der Waals surface area contributed by atoms with E-state index in [1.807, 2.05) is 12.4 Å². The Bertz CT molecular complexity index is 3440. The summed E-state index contributed by atoms with van der Waals surface area (Å²) >= 11 is 0. The maximum Gasteiger partial charge on any atom is 0.234 e. The lowest BCUT2D eigenvalue weighted by Crippen LogP contribution is -2.15. The van der Waals surface area contributed by atoms with Gasteiger partial charge in [-0.05, 0) is 111 Å². The van der Waals surface area contributed by atoms with Crippen LogP contribution >= 0.6 is 0 Å². The lowest BCUT2D eigenvalue weighted by Gasteiger charge is -2.22. The van der Waals surface area contributed by atoms with E-state index in [4.69, 9.17) is 9.97 Å². The minimum Gasteiger partial charge on any atom is -0.309 e. The third-order valence-electron chi connectivity index (χ3n) is 12.6. The van der Waals surface area contributed by atoms with Crippen molar-refractivity contribution in [2.75, 3.05) is 0 Å². The van der Waals surface area contributed by atoms with Crippen LogP contribution in [0.2, 0.25) is 0 Å². The van der Waals surface area contributed by atoms with Gasteiger partial charge in [-0.3, -0.25) is 4.57 Å². The number of rotatable bonds is 5. The van der Waals surface area contributed by atoms with Crippen molar-refractivity contribution in [2.24, 2.45) is 0 Å². The summed E-state index contributed by atoms with van der Waals surface area (Å²) < 4.78 is 4.56. The molecular formula is C55H38N4. The van der Waals surface area contributed by atoms with Crippen LogP contribution in [0.15, 0.2) is 194 Å². The van der Waals surface area contributed by atoms with Crippen LogP contribution in [0.4, 0.5) is 0 Å². The zero-order chi connectivity index (χ0) is 39.2.